The molecule has 14 heavy (non-hydrogen) atoms. The molecule has 0 amide bonds. The van der Waals surface area contributed by atoms with Gasteiger partial charge in [0.2, 0.25) is 0 Å². The second-order valence-electron chi connectivity index (χ2n) is 4.50. The minimum Gasteiger partial charge on any atom is -0.461 e. The third-order valence-electron chi connectivity index (χ3n) is 1.98. The maximum absolute atomic E-state index is 11.3. The number of ether oxygens (including phenoxy) is 2. The van der Waals surface area contributed by atoms with Gasteiger partial charge >= 0.3 is 11.9 Å². The maximum atomic E-state index is 11.3. The Kier molecular flexibility index (Phi) is 3.13. The Balaban J connectivity index is 2.28. The van der Waals surface area contributed by atoms with Gasteiger partial charge in [0.25, 0.3) is 0 Å². The van der Waals surface area contributed by atoms with Crippen LogP contribution in [0.1, 0.15) is 33.6 Å². The second-order valence-corrected chi connectivity index (χ2v) is 4.50. The van der Waals surface area contributed by atoms with Gasteiger partial charge in [0.15, 0.2) is 0 Å². The number of carbonyl (C=O) groups excluding carboxylic acids is 2. The molecule has 0 aromatic rings. The fourth-order valence-electron chi connectivity index (χ4n) is 1.09. The van der Waals surface area contributed by atoms with E-state index in [-0.39, 0.29) is 24.6 Å². The summed E-state index contributed by atoms with van der Waals surface area (Å²) in [6.45, 7) is 5.55. The van der Waals surface area contributed by atoms with Crippen molar-refractivity contribution in [3.8, 4) is 0 Å². The molecule has 0 aromatic carbocycles. The zero-order valence-electron chi connectivity index (χ0n) is 8.83. The highest BCUT2D eigenvalue weighted by Crippen LogP contribution is 2.18. The molecule has 1 saturated heterocycles. The predicted octanol–water partition coefficient (Wildman–Crippen LogP) is 1.28. The highest BCUT2D eigenvalue weighted by atomic mass is 16.6. The van der Waals surface area contributed by atoms with E-state index in [9.17, 15) is 9.59 Å². The standard InChI is InChI=1S/C10H16O4/c1-10(2,3)9(12)13-6-7-4-5-8(11)14-7/h7H,4-6H2,1-3H3/t7-/m0/s1. The van der Waals surface area contributed by atoms with E-state index >= 15 is 0 Å². The molecule has 0 bridgehead atoms. The van der Waals surface area contributed by atoms with Crippen LogP contribution >= 0.6 is 0 Å². The Morgan fingerprint density at radius 3 is 2.64 bits per heavy atom. The van der Waals surface area contributed by atoms with E-state index in [1.165, 1.54) is 0 Å². The SMILES string of the molecule is CC(C)(C)C(=O)OC[C@@H]1CCC(=O)O1. The van der Waals surface area contributed by atoms with Crippen LogP contribution in [-0.2, 0) is 19.1 Å². The fourth-order valence-corrected chi connectivity index (χ4v) is 1.09. The lowest BCUT2D eigenvalue weighted by Gasteiger charge is -2.18. The second kappa shape index (κ2) is 3.98. The number of esters is 2. The molecule has 4 heteroatoms. The first kappa shape index (κ1) is 11.0. The van der Waals surface area contributed by atoms with Crippen LogP contribution in [0.4, 0.5) is 0 Å². The van der Waals surface area contributed by atoms with Crippen LogP contribution in [-0.4, -0.2) is 24.6 Å². The molecule has 1 atom stereocenters. The summed E-state index contributed by atoms with van der Waals surface area (Å²) in [7, 11) is 0. The number of hydrogen-bond acceptors (Lipinski definition) is 4. The van der Waals surface area contributed by atoms with Gasteiger partial charge in [-0.25, -0.2) is 0 Å². The normalized spacial score (nSPS) is 21.9. The first-order valence-corrected chi connectivity index (χ1v) is 4.76. The lowest BCUT2D eigenvalue weighted by atomic mass is 9.97. The van der Waals surface area contributed by atoms with Crippen molar-refractivity contribution in [2.75, 3.05) is 6.61 Å². The molecule has 0 aromatic heterocycles. The van der Waals surface area contributed by atoms with Crippen molar-refractivity contribution < 1.29 is 19.1 Å². The summed E-state index contributed by atoms with van der Waals surface area (Å²) >= 11 is 0. The van der Waals surface area contributed by atoms with Crippen LogP contribution in [0, 0.1) is 5.41 Å². The van der Waals surface area contributed by atoms with Gasteiger partial charge in [-0.1, -0.05) is 0 Å². The molecule has 0 aliphatic carbocycles. The van der Waals surface area contributed by atoms with E-state index in [0.29, 0.717) is 12.8 Å². The molecule has 0 radical (unpaired) electrons. The summed E-state index contributed by atoms with van der Waals surface area (Å²) in [6, 6.07) is 0. The molecule has 1 aliphatic rings. The molecule has 1 aliphatic heterocycles. The summed E-state index contributed by atoms with van der Waals surface area (Å²) in [6.07, 6.45) is 0.836. The fraction of sp³-hybridized carbons (Fsp3) is 0.800. The molecule has 80 valence electrons. The molecule has 1 heterocycles. The van der Waals surface area contributed by atoms with E-state index in [2.05, 4.69) is 0 Å². The molecular formula is C10H16O4. The molecule has 0 saturated carbocycles. The summed E-state index contributed by atoms with van der Waals surface area (Å²) in [5.41, 5.74) is -0.497. The summed E-state index contributed by atoms with van der Waals surface area (Å²) < 4.78 is 9.93. The van der Waals surface area contributed by atoms with Crippen molar-refractivity contribution in [1.82, 2.24) is 0 Å². The highest BCUT2D eigenvalue weighted by molar-refractivity contribution is 5.75. The van der Waals surface area contributed by atoms with Crippen LogP contribution in [0.2, 0.25) is 0 Å². The lowest BCUT2D eigenvalue weighted by molar-refractivity contribution is -0.159. The van der Waals surface area contributed by atoms with Crippen molar-refractivity contribution in [3.05, 3.63) is 0 Å². The van der Waals surface area contributed by atoms with Crippen LogP contribution in [0.3, 0.4) is 0 Å². The van der Waals surface area contributed by atoms with Gasteiger partial charge in [-0.2, -0.15) is 0 Å². The van der Waals surface area contributed by atoms with Gasteiger partial charge in [-0.05, 0) is 27.2 Å². The lowest BCUT2D eigenvalue weighted by Crippen LogP contribution is -2.27. The van der Waals surface area contributed by atoms with Gasteiger partial charge in [0, 0.05) is 6.42 Å². The van der Waals surface area contributed by atoms with E-state index in [0.717, 1.165) is 0 Å². The smallest absolute Gasteiger partial charge is 0.311 e. The Hall–Kier alpha value is -1.06. The predicted molar refractivity (Wildman–Crippen MR) is 49.5 cm³/mol. The third-order valence-corrected chi connectivity index (χ3v) is 1.98. The van der Waals surface area contributed by atoms with Crippen LogP contribution in [0.25, 0.3) is 0 Å². The van der Waals surface area contributed by atoms with Crippen LogP contribution in [0.15, 0.2) is 0 Å². The Morgan fingerprint density at radius 1 is 1.57 bits per heavy atom. The quantitative estimate of drug-likeness (QED) is 0.630. The Morgan fingerprint density at radius 2 is 2.21 bits per heavy atom. The zero-order valence-corrected chi connectivity index (χ0v) is 8.83. The minimum atomic E-state index is -0.497. The van der Waals surface area contributed by atoms with Crippen LogP contribution in [0.5, 0.6) is 0 Å². The number of hydrogen-bond donors (Lipinski definition) is 0. The van der Waals surface area contributed by atoms with Gasteiger partial charge in [0.05, 0.1) is 5.41 Å². The minimum absolute atomic E-state index is 0.182. The van der Waals surface area contributed by atoms with Crippen molar-refractivity contribution in [3.63, 3.8) is 0 Å². The summed E-state index contributed by atoms with van der Waals surface area (Å²) in [5, 5.41) is 0. The van der Waals surface area contributed by atoms with E-state index in [1.54, 1.807) is 20.8 Å². The van der Waals surface area contributed by atoms with E-state index < -0.39 is 5.41 Å². The first-order chi connectivity index (χ1) is 6.39. The molecule has 0 spiro atoms. The van der Waals surface area contributed by atoms with Gasteiger partial charge < -0.3 is 9.47 Å². The highest BCUT2D eigenvalue weighted by Gasteiger charge is 2.28. The molecule has 1 rings (SSSR count). The number of carbonyl (C=O) groups is 2. The van der Waals surface area contributed by atoms with Gasteiger partial charge in [-0.15, -0.1) is 0 Å². The van der Waals surface area contributed by atoms with E-state index in [4.69, 9.17) is 9.47 Å². The summed E-state index contributed by atoms with van der Waals surface area (Å²) in [5.74, 6) is -0.470. The van der Waals surface area contributed by atoms with Crippen molar-refractivity contribution >= 4 is 11.9 Å². The topological polar surface area (TPSA) is 52.6 Å². The van der Waals surface area contributed by atoms with E-state index in [1.807, 2.05) is 0 Å². The number of cyclic esters (lactones) is 1. The zero-order chi connectivity index (χ0) is 10.8. The van der Waals surface area contributed by atoms with Crippen LogP contribution < -0.4 is 0 Å². The molecular weight excluding hydrogens is 184 g/mol. The number of rotatable bonds is 2. The average molecular weight is 200 g/mol. The monoisotopic (exact) mass is 200 g/mol. The van der Waals surface area contributed by atoms with Crippen molar-refractivity contribution in [2.24, 2.45) is 5.41 Å². The Labute approximate surface area is 83.6 Å². The van der Waals surface area contributed by atoms with Crippen molar-refractivity contribution in [2.45, 2.75) is 39.7 Å². The molecule has 1 fully saturated rings. The van der Waals surface area contributed by atoms with Gasteiger partial charge in [0.1, 0.15) is 12.7 Å². The molecule has 0 N–H and O–H groups in total. The van der Waals surface area contributed by atoms with Crippen molar-refractivity contribution in [1.29, 1.82) is 0 Å². The third kappa shape index (κ3) is 3.01. The summed E-state index contributed by atoms with van der Waals surface area (Å²) in [4.78, 5) is 22.1. The maximum Gasteiger partial charge on any atom is 0.311 e. The molecule has 4 nitrogen and oxygen atoms in total. The average Bonchev–Trinajstić information content (AvgIpc) is 2.45. The Bertz CT molecular complexity index is 239. The largest absolute Gasteiger partial charge is 0.461 e. The molecule has 0 unspecified atom stereocenters. The van der Waals surface area contributed by atoms with Gasteiger partial charge in [-0.3, -0.25) is 9.59 Å². The first-order valence-electron chi connectivity index (χ1n) is 4.76.